The number of halogens is 1. The minimum atomic E-state index is 0.418. The van der Waals surface area contributed by atoms with Crippen LogP contribution in [-0.2, 0) is 6.54 Å². The first-order valence-electron chi connectivity index (χ1n) is 7.95. The first-order valence-corrected chi connectivity index (χ1v) is 8.75. The zero-order chi connectivity index (χ0) is 14.0. The van der Waals surface area contributed by atoms with Gasteiger partial charge in [0.05, 0.1) is 0 Å². The Balaban J connectivity index is 1.81. The Morgan fingerprint density at radius 2 is 2.05 bits per heavy atom. The van der Waals surface area contributed by atoms with E-state index in [-0.39, 0.29) is 0 Å². The fourth-order valence-corrected chi connectivity index (χ4v) is 4.24. The highest BCUT2D eigenvalue weighted by molar-refractivity contribution is 9.10. The van der Waals surface area contributed by atoms with E-state index in [0.29, 0.717) is 11.6 Å². The normalized spacial score (nSPS) is 26.2. The van der Waals surface area contributed by atoms with Crippen LogP contribution in [-0.4, -0.2) is 29.6 Å². The van der Waals surface area contributed by atoms with Crippen molar-refractivity contribution in [2.24, 2.45) is 0 Å². The Hall–Kier alpha value is -0.380. The van der Waals surface area contributed by atoms with Crippen molar-refractivity contribution in [1.29, 1.82) is 0 Å². The van der Waals surface area contributed by atoms with E-state index in [1.165, 1.54) is 55.2 Å². The number of piperazine rings is 1. The first kappa shape index (κ1) is 14.6. The van der Waals surface area contributed by atoms with Crippen molar-refractivity contribution in [3.05, 3.63) is 34.3 Å². The fraction of sp³-hybridized carbons (Fsp3) is 0.647. The molecule has 20 heavy (non-hydrogen) atoms. The van der Waals surface area contributed by atoms with Crippen molar-refractivity contribution in [3.8, 4) is 0 Å². The van der Waals surface area contributed by atoms with E-state index in [2.05, 4.69) is 57.3 Å². The maximum absolute atomic E-state index is 3.78. The quantitative estimate of drug-likeness (QED) is 0.899. The summed E-state index contributed by atoms with van der Waals surface area (Å²) in [5.41, 5.74) is 1.84. The highest BCUT2D eigenvalue weighted by Crippen LogP contribution is 2.38. The van der Waals surface area contributed by atoms with Crippen molar-refractivity contribution in [1.82, 2.24) is 10.2 Å². The Morgan fingerprint density at radius 1 is 1.30 bits per heavy atom. The lowest BCUT2D eigenvalue weighted by atomic mass is 9.90. The number of nitrogens with zero attached hydrogens (tertiary/aromatic N) is 1. The van der Waals surface area contributed by atoms with Gasteiger partial charge < -0.3 is 5.32 Å². The molecule has 0 bridgehead atoms. The van der Waals surface area contributed by atoms with Crippen LogP contribution in [0.3, 0.4) is 0 Å². The minimum Gasteiger partial charge on any atom is -0.311 e. The summed E-state index contributed by atoms with van der Waals surface area (Å²) in [4.78, 5) is 2.77. The summed E-state index contributed by atoms with van der Waals surface area (Å²) in [6.07, 6.45) is 6.74. The van der Waals surface area contributed by atoms with Gasteiger partial charge in [-0.3, -0.25) is 4.90 Å². The SMILES string of the molecule is CCC1CN(Cc2ccccc2Br)C2(CCCC2)CN1. The molecular weight excluding hydrogens is 312 g/mol. The highest BCUT2D eigenvalue weighted by atomic mass is 79.9. The third kappa shape index (κ3) is 2.81. The molecule has 1 aliphatic carbocycles. The second-order valence-corrected chi connectivity index (χ2v) is 7.24. The summed E-state index contributed by atoms with van der Waals surface area (Å²) in [6, 6.07) is 9.34. The number of nitrogens with one attached hydrogen (secondary N) is 1. The molecule has 0 amide bonds. The lowest BCUT2D eigenvalue weighted by Gasteiger charge is -2.48. The zero-order valence-electron chi connectivity index (χ0n) is 12.4. The average molecular weight is 337 g/mol. The number of hydrogen-bond acceptors (Lipinski definition) is 2. The van der Waals surface area contributed by atoms with E-state index in [9.17, 15) is 0 Å². The molecule has 1 N–H and O–H groups in total. The summed E-state index contributed by atoms with van der Waals surface area (Å²) in [5.74, 6) is 0. The Morgan fingerprint density at radius 3 is 2.75 bits per heavy atom. The van der Waals surface area contributed by atoms with Crippen LogP contribution >= 0.6 is 15.9 Å². The molecule has 1 saturated carbocycles. The van der Waals surface area contributed by atoms with Gasteiger partial charge in [0, 0.05) is 35.7 Å². The van der Waals surface area contributed by atoms with E-state index in [4.69, 9.17) is 0 Å². The minimum absolute atomic E-state index is 0.418. The number of hydrogen-bond donors (Lipinski definition) is 1. The molecular formula is C17H25BrN2. The molecule has 1 atom stereocenters. The topological polar surface area (TPSA) is 15.3 Å². The molecule has 2 aliphatic rings. The molecule has 110 valence electrons. The predicted octanol–water partition coefficient (Wildman–Crippen LogP) is 3.95. The van der Waals surface area contributed by atoms with Gasteiger partial charge in [0.25, 0.3) is 0 Å². The van der Waals surface area contributed by atoms with E-state index < -0.39 is 0 Å². The van der Waals surface area contributed by atoms with E-state index in [0.717, 1.165) is 6.54 Å². The Labute approximate surface area is 131 Å². The first-order chi connectivity index (χ1) is 9.73. The van der Waals surface area contributed by atoms with Crippen LogP contribution in [0.15, 0.2) is 28.7 Å². The van der Waals surface area contributed by atoms with Crippen LogP contribution in [0.4, 0.5) is 0 Å². The van der Waals surface area contributed by atoms with Crippen LogP contribution in [0.25, 0.3) is 0 Å². The van der Waals surface area contributed by atoms with Crippen molar-refractivity contribution < 1.29 is 0 Å². The standard InChI is InChI=1S/C17H25BrN2/c1-2-15-12-20(11-14-7-3-4-8-16(14)18)17(13-19-15)9-5-6-10-17/h3-4,7-8,15,19H,2,5-6,9-13H2,1H3. The van der Waals surface area contributed by atoms with Crippen molar-refractivity contribution in [2.45, 2.75) is 57.2 Å². The Bertz CT molecular complexity index is 454. The predicted molar refractivity (Wildman–Crippen MR) is 87.8 cm³/mol. The van der Waals surface area contributed by atoms with Gasteiger partial charge in [-0.05, 0) is 30.9 Å². The molecule has 1 spiro atoms. The zero-order valence-corrected chi connectivity index (χ0v) is 14.0. The molecule has 1 aromatic carbocycles. The van der Waals surface area contributed by atoms with Crippen LogP contribution in [0.2, 0.25) is 0 Å². The monoisotopic (exact) mass is 336 g/mol. The molecule has 0 radical (unpaired) electrons. The molecule has 1 aliphatic heterocycles. The average Bonchev–Trinajstić information content (AvgIpc) is 2.93. The van der Waals surface area contributed by atoms with Crippen molar-refractivity contribution in [2.75, 3.05) is 13.1 Å². The Kier molecular flexibility index (Phi) is 4.49. The van der Waals surface area contributed by atoms with E-state index >= 15 is 0 Å². The van der Waals surface area contributed by atoms with Gasteiger partial charge in [0.1, 0.15) is 0 Å². The van der Waals surface area contributed by atoms with Crippen molar-refractivity contribution in [3.63, 3.8) is 0 Å². The van der Waals surface area contributed by atoms with Crippen LogP contribution in [0.5, 0.6) is 0 Å². The third-order valence-electron chi connectivity index (χ3n) is 5.18. The molecule has 1 saturated heterocycles. The van der Waals surface area contributed by atoms with Gasteiger partial charge >= 0.3 is 0 Å². The molecule has 1 heterocycles. The second-order valence-electron chi connectivity index (χ2n) is 6.39. The maximum Gasteiger partial charge on any atom is 0.0338 e. The largest absolute Gasteiger partial charge is 0.311 e. The smallest absolute Gasteiger partial charge is 0.0338 e. The van der Waals surface area contributed by atoms with Crippen molar-refractivity contribution >= 4 is 15.9 Å². The van der Waals surface area contributed by atoms with Gasteiger partial charge in [0.15, 0.2) is 0 Å². The molecule has 2 nitrogen and oxygen atoms in total. The summed E-state index contributed by atoms with van der Waals surface area (Å²) >= 11 is 3.71. The van der Waals surface area contributed by atoms with Crippen LogP contribution in [0, 0.1) is 0 Å². The summed E-state index contributed by atoms with van der Waals surface area (Å²) in [7, 11) is 0. The van der Waals surface area contributed by atoms with Crippen LogP contribution in [0.1, 0.15) is 44.6 Å². The molecule has 3 heteroatoms. The van der Waals surface area contributed by atoms with Gasteiger partial charge in [-0.1, -0.05) is 53.9 Å². The number of benzene rings is 1. The lowest BCUT2D eigenvalue weighted by Crippen LogP contribution is -2.62. The molecule has 0 aromatic heterocycles. The summed E-state index contributed by atoms with van der Waals surface area (Å²) in [6.45, 7) is 5.74. The summed E-state index contributed by atoms with van der Waals surface area (Å²) in [5, 5.41) is 3.78. The van der Waals surface area contributed by atoms with Gasteiger partial charge in [-0.2, -0.15) is 0 Å². The molecule has 1 aromatic rings. The third-order valence-corrected chi connectivity index (χ3v) is 5.95. The maximum atomic E-state index is 3.78. The highest BCUT2D eigenvalue weighted by Gasteiger charge is 2.43. The summed E-state index contributed by atoms with van der Waals surface area (Å²) < 4.78 is 1.25. The fourth-order valence-electron chi connectivity index (χ4n) is 3.83. The van der Waals surface area contributed by atoms with Gasteiger partial charge in [0.2, 0.25) is 0 Å². The van der Waals surface area contributed by atoms with Gasteiger partial charge in [-0.15, -0.1) is 0 Å². The molecule has 2 fully saturated rings. The second kappa shape index (κ2) is 6.17. The van der Waals surface area contributed by atoms with Gasteiger partial charge in [-0.25, -0.2) is 0 Å². The van der Waals surface area contributed by atoms with E-state index in [1.54, 1.807) is 0 Å². The number of rotatable bonds is 3. The van der Waals surface area contributed by atoms with Crippen LogP contribution < -0.4 is 5.32 Å². The van der Waals surface area contributed by atoms with E-state index in [1.807, 2.05) is 0 Å². The molecule has 3 rings (SSSR count). The lowest BCUT2D eigenvalue weighted by molar-refractivity contribution is 0.0347. The molecule has 1 unspecified atom stereocenters.